The Balaban J connectivity index is 1.18. The summed E-state index contributed by atoms with van der Waals surface area (Å²) in [5.41, 5.74) is 4.08. The molecule has 6 nitrogen and oxygen atoms in total. The number of fused-ring (bicyclic) bond motifs is 1. The molecule has 6 rings (SSSR count). The molecule has 0 saturated carbocycles. The third-order valence-electron chi connectivity index (χ3n) is 7.15. The molecule has 0 bridgehead atoms. The number of halogens is 2. The average molecular weight is 619 g/mol. The number of benzene rings is 3. The van der Waals surface area contributed by atoms with Gasteiger partial charge in [0.1, 0.15) is 11.6 Å². The van der Waals surface area contributed by atoms with E-state index in [-0.39, 0.29) is 30.3 Å². The van der Waals surface area contributed by atoms with Gasteiger partial charge in [-0.1, -0.05) is 52.3 Å². The number of amides is 2. The van der Waals surface area contributed by atoms with Gasteiger partial charge >= 0.3 is 0 Å². The van der Waals surface area contributed by atoms with Crippen LogP contribution in [0.2, 0.25) is 0 Å². The molecule has 0 unspecified atom stereocenters. The first-order valence-electron chi connectivity index (χ1n) is 12.9. The van der Waals surface area contributed by atoms with Crippen LogP contribution in [0.5, 0.6) is 5.75 Å². The molecule has 0 saturated heterocycles. The van der Waals surface area contributed by atoms with E-state index in [9.17, 15) is 14.0 Å². The van der Waals surface area contributed by atoms with Crippen molar-refractivity contribution < 1.29 is 18.7 Å². The summed E-state index contributed by atoms with van der Waals surface area (Å²) in [6, 6.07) is 23.1. The number of carbonyl (C=O) groups is 2. The Bertz CT molecular complexity index is 1570. The molecule has 2 amide bonds. The van der Waals surface area contributed by atoms with Gasteiger partial charge in [0, 0.05) is 35.1 Å². The van der Waals surface area contributed by atoms with Gasteiger partial charge in [0.15, 0.2) is 6.61 Å². The van der Waals surface area contributed by atoms with Gasteiger partial charge in [-0.2, -0.15) is 5.10 Å². The van der Waals surface area contributed by atoms with Crippen LogP contribution in [0.4, 0.5) is 4.39 Å². The zero-order valence-corrected chi connectivity index (χ0v) is 23.8. The van der Waals surface area contributed by atoms with Crippen LogP contribution < -0.4 is 4.74 Å². The largest absolute Gasteiger partial charge is 0.483 e. The third kappa shape index (κ3) is 5.44. The molecule has 4 aromatic rings. The minimum Gasteiger partial charge on any atom is -0.483 e. The Hall–Kier alpha value is -3.82. The summed E-state index contributed by atoms with van der Waals surface area (Å²) in [4.78, 5) is 29.6. The second-order valence-electron chi connectivity index (χ2n) is 9.71. The highest BCUT2D eigenvalue weighted by atomic mass is 79.9. The number of hydrazone groups is 1. The van der Waals surface area contributed by atoms with Gasteiger partial charge < -0.3 is 9.64 Å². The molecule has 1 atom stereocenters. The van der Waals surface area contributed by atoms with E-state index in [1.54, 1.807) is 35.6 Å². The van der Waals surface area contributed by atoms with Crippen molar-refractivity contribution in [3.63, 3.8) is 0 Å². The van der Waals surface area contributed by atoms with E-state index in [0.717, 1.165) is 31.8 Å². The minimum atomic E-state index is -0.354. The molecule has 9 heteroatoms. The molecule has 0 fully saturated rings. The Labute approximate surface area is 243 Å². The maximum absolute atomic E-state index is 13.6. The molecule has 3 aromatic carbocycles. The van der Waals surface area contributed by atoms with Crippen LogP contribution in [0.25, 0.3) is 0 Å². The van der Waals surface area contributed by atoms with E-state index in [0.29, 0.717) is 37.2 Å². The highest BCUT2D eigenvalue weighted by molar-refractivity contribution is 9.10. The Morgan fingerprint density at radius 2 is 1.85 bits per heavy atom. The number of rotatable bonds is 7. The fourth-order valence-corrected chi connectivity index (χ4v) is 6.11. The summed E-state index contributed by atoms with van der Waals surface area (Å²) in [7, 11) is 0. The van der Waals surface area contributed by atoms with Crippen molar-refractivity contribution in [1.82, 2.24) is 9.91 Å². The van der Waals surface area contributed by atoms with Crippen molar-refractivity contribution in [3.05, 3.63) is 122 Å². The predicted octanol–water partition coefficient (Wildman–Crippen LogP) is 6.60. The first-order chi connectivity index (χ1) is 19.5. The minimum absolute atomic E-state index is 0.0537. The van der Waals surface area contributed by atoms with E-state index in [1.807, 2.05) is 52.7 Å². The lowest BCUT2D eigenvalue weighted by Crippen LogP contribution is -2.37. The van der Waals surface area contributed by atoms with Crippen LogP contribution in [-0.2, 0) is 17.8 Å². The topological polar surface area (TPSA) is 62.2 Å². The second kappa shape index (κ2) is 11.3. The fourth-order valence-electron chi connectivity index (χ4n) is 5.12. The zero-order chi connectivity index (χ0) is 27.6. The summed E-state index contributed by atoms with van der Waals surface area (Å²) in [5, 5.41) is 8.07. The quantitative estimate of drug-likeness (QED) is 0.235. The van der Waals surface area contributed by atoms with Crippen LogP contribution in [-0.4, -0.2) is 40.6 Å². The summed E-state index contributed by atoms with van der Waals surface area (Å²) in [6.45, 7) is 0.856. The van der Waals surface area contributed by atoms with E-state index in [4.69, 9.17) is 4.74 Å². The Kier molecular flexibility index (Phi) is 7.49. The number of thiophene rings is 1. The summed E-state index contributed by atoms with van der Waals surface area (Å²) in [5.74, 6) is -0.164. The van der Waals surface area contributed by atoms with Crippen LogP contribution >= 0.6 is 27.3 Å². The molecule has 0 spiro atoms. The molecule has 40 heavy (non-hydrogen) atoms. The molecule has 3 heterocycles. The van der Waals surface area contributed by atoms with Gasteiger partial charge in [-0.3, -0.25) is 9.59 Å². The maximum Gasteiger partial charge on any atom is 0.281 e. The van der Waals surface area contributed by atoms with E-state index < -0.39 is 0 Å². The van der Waals surface area contributed by atoms with Gasteiger partial charge in [0.2, 0.25) is 0 Å². The van der Waals surface area contributed by atoms with Crippen LogP contribution in [0.1, 0.15) is 44.4 Å². The zero-order valence-electron chi connectivity index (χ0n) is 21.4. The van der Waals surface area contributed by atoms with E-state index in [1.165, 1.54) is 17.1 Å². The second-order valence-corrected chi connectivity index (χ2v) is 11.6. The molecule has 0 radical (unpaired) electrons. The van der Waals surface area contributed by atoms with Gasteiger partial charge in [-0.05, 0) is 65.4 Å². The number of carbonyl (C=O) groups excluding carboxylic acids is 2. The van der Waals surface area contributed by atoms with Crippen molar-refractivity contribution in [2.24, 2.45) is 5.10 Å². The lowest BCUT2D eigenvalue weighted by atomic mass is 9.97. The molecule has 0 aliphatic carbocycles. The van der Waals surface area contributed by atoms with E-state index in [2.05, 4.69) is 21.0 Å². The smallest absolute Gasteiger partial charge is 0.281 e. The summed E-state index contributed by atoms with van der Waals surface area (Å²) in [6.07, 6.45) is 1.16. The fraction of sp³-hybridized carbons (Fsp3) is 0.194. The Morgan fingerprint density at radius 1 is 1.05 bits per heavy atom. The van der Waals surface area contributed by atoms with Crippen LogP contribution in [0.3, 0.4) is 0 Å². The van der Waals surface area contributed by atoms with Gasteiger partial charge in [0.05, 0.1) is 16.6 Å². The van der Waals surface area contributed by atoms with Gasteiger partial charge in [0.25, 0.3) is 11.8 Å². The SMILES string of the molecule is O=C1c2cccc(OCC(=O)N3N=C(c4cccs4)C[C@H]3c3ccc(F)cc3)c2CCN1Cc1ccc(Br)cc1. The average Bonchev–Trinajstić information content (AvgIpc) is 3.66. The lowest BCUT2D eigenvalue weighted by Gasteiger charge is -2.30. The maximum atomic E-state index is 13.6. The van der Waals surface area contributed by atoms with Crippen molar-refractivity contribution >= 4 is 44.8 Å². The predicted molar refractivity (Wildman–Crippen MR) is 156 cm³/mol. The first-order valence-corrected chi connectivity index (χ1v) is 14.6. The highest BCUT2D eigenvalue weighted by Crippen LogP contribution is 2.34. The third-order valence-corrected chi connectivity index (χ3v) is 8.59. The summed E-state index contributed by atoms with van der Waals surface area (Å²) < 4.78 is 20.6. The molecule has 202 valence electrons. The van der Waals surface area contributed by atoms with Crippen molar-refractivity contribution in [2.45, 2.75) is 25.4 Å². The number of hydrogen-bond acceptors (Lipinski definition) is 5. The molecule has 0 N–H and O–H groups in total. The molecular weight excluding hydrogens is 593 g/mol. The number of ether oxygens (including phenoxy) is 1. The van der Waals surface area contributed by atoms with Gasteiger partial charge in [-0.25, -0.2) is 9.40 Å². The standard InChI is InChI=1S/C31H25BrFN3O3S/c32-22-10-6-20(7-11-22)18-35-15-14-24-25(31(35)38)3-1-4-28(24)39-19-30(37)36-27(21-8-12-23(33)13-9-21)17-26(34-36)29-5-2-16-40-29/h1-13,16,27H,14-15,17-19H2/t27-/m0/s1. The van der Waals surface area contributed by atoms with Crippen LogP contribution in [0.15, 0.2) is 93.8 Å². The normalized spacial score (nSPS) is 16.6. The van der Waals surface area contributed by atoms with Gasteiger partial charge in [-0.15, -0.1) is 11.3 Å². The van der Waals surface area contributed by atoms with E-state index >= 15 is 0 Å². The molecular formula is C31H25BrFN3O3S. The number of hydrogen-bond donors (Lipinski definition) is 0. The lowest BCUT2D eigenvalue weighted by molar-refractivity contribution is -0.135. The number of nitrogens with zero attached hydrogens (tertiary/aromatic N) is 3. The van der Waals surface area contributed by atoms with Crippen LogP contribution in [0, 0.1) is 5.82 Å². The van der Waals surface area contributed by atoms with Crippen molar-refractivity contribution in [2.75, 3.05) is 13.2 Å². The molecule has 1 aromatic heterocycles. The van der Waals surface area contributed by atoms with Crippen molar-refractivity contribution in [1.29, 1.82) is 0 Å². The monoisotopic (exact) mass is 617 g/mol. The molecule has 2 aliphatic rings. The summed E-state index contributed by atoms with van der Waals surface area (Å²) >= 11 is 5.01. The molecule has 2 aliphatic heterocycles. The Morgan fingerprint density at radius 3 is 2.60 bits per heavy atom. The highest BCUT2D eigenvalue weighted by Gasteiger charge is 2.34. The van der Waals surface area contributed by atoms with Crippen molar-refractivity contribution in [3.8, 4) is 5.75 Å². The first kappa shape index (κ1) is 26.4.